The van der Waals surface area contributed by atoms with Crippen molar-refractivity contribution < 1.29 is 68.1 Å². The Kier molecular flexibility index (Phi) is 8.80. The third-order valence-electron chi connectivity index (χ3n) is 4.44. The van der Waals surface area contributed by atoms with Gasteiger partial charge in [-0.25, -0.2) is 0 Å². The van der Waals surface area contributed by atoms with Gasteiger partial charge in [0.05, 0.1) is 18.8 Å². The van der Waals surface area contributed by atoms with Gasteiger partial charge in [0.25, 0.3) is 11.8 Å². The Balaban J connectivity index is 0.00000341. The summed E-state index contributed by atoms with van der Waals surface area (Å²) >= 11 is 1.26. The SMILES string of the molecule is COc1ccc(OCC(=O)NC2C(=O)N3C(C(=O)[O-])=C(COC(C)=O)CS[C@@H]23)cc1.[Na+]. The monoisotopic (exact) mass is 458 g/mol. The van der Waals surface area contributed by atoms with E-state index in [0.717, 1.165) is 4.90 Å². The van der Waals surface area contributed by atoms with Gasteiger partial charge in [-0.3, -0.25) is 19.3 Å². The zero-order chi connectivity index (χ0) is 21.8. The molecular weight excluding hydrogens is 439 g/mol. The fourth-order valence-electron chi connectivity index (χ4n) is 3.01. The van der Waals surface area contributed by atoms with E-state index in [2.05, 4.69) is 5.32 Å². The summed E-state index contributed by atoms with van der Waals surface area (Å²) in [6.45, 7) is 0.648. The molecule has 2 aliphatic rings. The van der Waals surface area contributed by atoms with Gasteiger partial charge in [-0.2, -0.15) is 0 Å². The van der Waals surface area contributed by atoms with Gasteiger partial charge in [0, 0.05) is 18.2 Å². The maximum atomic E-state index is 12.5. The zero-order valence-corrected chi connectivity index (χ0v) is 20.0. The molecule has 1 aromatic carbocycles. The number of carbonyl (C=O) groups is 4. The Hall–Kier alpha value is -2.21. The first-order valence-electron chi connectivity index (χ1n) is 8.89. The Labute approximate surface area is 204 Å². The number of nitrogens with one attached hydrogen (secondary N) is 1. The Morgan fingerprint density at radius 1 is 1.23 bits per heavy atom. The van der Waals surface area contributed by atoms with Crippen LogP contribution in [0.3, 0.4) is 0 Å². The maximum absolute atomic E-state index is 12.5. The number of nitrogens with zero attached hydrogens (tertiary/aromatic N) is 1. The van der Waals surface area contributed by atoms with Crippen molar-refractivity contribution in [3.63, 3.8) is 0 Å². The number of carbonyl (C=O) groups excluding carboxylic acids is 4. The van der Waals surface area contributed by atoms with Gasteiger partial charge in [0.1, 0.15) is 29.5 Å². The quantitative estimate of drug-likeness (QED) is 0.235. The first-order valence-corrected chi connectivity index (χ1v) is 9.94. The number of thioether (sulfide) groups is 1. The van der Waals surface area contributed by atoms with Gasteiger partial charge < -0.3 is 29.4 Å². The van der Waals surface area contributed by atoms with E-state index < -0.39 is 35.2 Å². The van der Waals surface area contributed by atoms with Crippen molar-refractivity contribution in [1.82, 2.24) is 10.2 Å². The van der Waals surface area contributed by atoms with Crippen molar-refractivity contribution in [1.29, 1.82) is 0 Å². The van der Waals surface area contributed by atoms with Crippen molar-refractivity contribution in [3.05, 3.63) is 35.5 Å². The average molecular weight is 458 g/mol. The van der Waals surface area contributed by atoms with Crippen molar-refractivity contribution in [2.45, 2.75) is 18.3 Å². The third-order valence-corrected chi connectivity index (χ3v) is 5.78. The van der Waals surface area contributed by atoms with Crippen LogP contribution in [0.1, 0.15) is 6.92 Å². The molecule has 0 saturated carbocycles. The van der Waals surface area contributed by atoms with E-state index in [-0.39, 0.29) is 59.8 Å². The molecule has 31 heavy (non-hydrogen) atoms. The minimum atomic E-state index is -1.54. The van der Waals surface area contributed by atoms with E-state index in [1.165, 1.54) is 25.8 Å². The van der Waals surface area contributed by atoms with Crippen molar-refractivity contribution in [2.75, 3.05) is 26.1 Å². The fraction of sp³-hybridized carbons (Fsp3) is 0.368. The summed E-state index contributed by atoms with van der Waals surface area (Å²) in [6, 6.07) is 5.76. The number of hydrogen-bond acceptors (Lipinski definition) is 9. The number of β-lactam (4-membered cyclic amide) rings is 1. The normalized spacial score (nSPS) is 19.4. The standard InChI is InChI=1S/C19H20N2O8S.Na/c1-10(22)28-7-11-9-30-18-15(17(24)21(18)16(11)19(25)26)20-14(23)8-29-13-5-3-12(27-2)4-6-13;/h3-6,15,18H,7-9H2,1-2H3,(H,20,23)(H,25,26);/q;+1/p-1/t15?,18-;/m0./s1. The van der Waals surface area contributed by atoms with Crippen LogP contribution in [0.5, 0.6) is 11.5 Å². The molecule has 2 amide bonds. The predicted octanol–water partition coefficient (Wildman–Crippen LogP) is -3.95. The summed E-state index contributed by atoms with van der Waals surface area (Å²) in [4.78, 5) is 48.3. The molecule has 1 fully saturated rings. The molecule has 10 nitrogen and oxygen atoms in total. The second-order valence-corrected chi connectivity index (χ2v) is 7.54. The number of fused-ring (bicyclic) bond motifs is 1. The number of hydrogen-bond donors (Lipinski definition) is 1. The smallest absolute Gasteiger partial charge is 0.543 e. The first-order chi connectivity index (χ1) is 14.3. The molecule has 160 valence electrons. The minimum Gasteiger partial charge on any atom is -0.543 e. The largest absolute Gasteiger partial charge is 1.00 e. The van der Waals surface area contributed by atoms with Gasteiger partial charge in [0.15, 0.2) is 6.61 Å². The molecule has 0 radical (unpaired) electrons. The van der Waals surface area contributed by atoms with Crippen LogP contribution in [0.4, 0.5) is 0 Å². The van der Waals surface area contributed by atoms with Gasteiger partial charge in [-0.05, 0) is 24.3 Å². The third kappa shape index (κ3) is 5.73. The van der Waals surface area contributed by atoms with Gasteiger partial charge in [0.2, 0.25) is 0 Å². The molecule has 1 N–H and O–H groups in total. The van der Waals surface area contributed by atoms with E-state index >= 15 is 0 Å². The number of carboxylic acids is 1. The molecule has 0 aromatic heterocycles. The number of aliphatic carboxylic acids is 1. The van der Waals surface area contributed by atoms with Gasteiger partial charge >= 0.3 is 35.5 Å². The van der Waals surface area contributed by atoms with Crippen LogP contribution >= 0.6 is 11.8 Å². The summed E-state index contributed by atoms with van der Waals surface area (Å²) in [5.74, 6) is -1.88. The molecule has 3 rings (SSSR count). The van der Waals surface area contributed by atoms with E-state index in [4.69, 9.17) is 14.2 Å². The van der Waals surface area contributed by atoms with E-state index in [9.17, 15) is 24.3 Å². The van der Waals surface area contributed by atoms with Crippen molar-refractivity contribution >= 4 is 35.5 Å². The summed E-state index contributed by atoms with van der Waals surface area (Å²) in [7, 11) is 1.53. The second kappa shape index (κ2) is 10.9. The molecule has 1 unspecified atom stereocenters. The molecule has 0 spiro atoms. The molecule has 0 bridgehead atoms. The van der Waals surface area contributed by atoms with E-state index in [0.29, 0.717) is 11.5 Å². The minimum absolute atomic E-state index is 0. The van der Waals surface area contributed by atoms with Crippen LogP contribution in [-0.2, 0) is 23.9 Å². The van der Waals surface area contributed by atoms with Crippen LogP contribution in [0.25, 0.3) is 0 Å². The molecule has 12 heteroatoms. The first kappa shape index (κ1) is 25.1. The molecule has 2 heterocycles. The molecular formula is C19H19N2NaO8S. The number of esters is 1. The Morgan fingerprint density at radius 2 is 1.87 bits per heavy atom. The summed E-state index contributed by atoms with van der Waals surface area (Å²) in [5.41, 5.74) is -0.0441. The number of ether oxygens (including phenoxy) is 3. The van der Waals surface area contributed by atoms with E-state index in [1.807, 2.05) is 0 Å². The number of methoxy groups -OCH3 is 1. The number of amides is 2. The molecule has 2 aliphatic heterocycles. The Bertz CT molecular complexity index is 905. The molecule has 0 aliphatic carbocycles. The van der Waals surface area contributed by atoms with Crippen LogP contribution in [0, 0.1) is 0 Å². The van der Waals surface area contributed by atoms with Crippen LogP contribution < -0.4 is 49.5 Å². The van der Waals surface area contributed by atoms with Gasteiger partial charge in [-0.1, -0.05) is 0 Å². The number of benzene rings is 1. The molecule has 1 aromatic rings. The van der Waals surface area contributed by atoms with Gasteiger partial charge in [-0.15, -0.1) is 11.8 Å². The summed E-state index contributed by atoms with van der Waals surface area (Å²) in [6.07, 6.45) is 0. The van der Waals surface area contributed by atoms with Crippen LogP contribution in [0.2, 0.25) is 0 Å². The number of carboxylic acid groups (broad SMARTS) is 1. The van der Waals surface area contributed by atoms with Crippen molar-refractivity contribution in [3.8, 4) is 11.5 Å². The predicted molar refractivity (Wildman–Crippen MR) is 102 cm³/mol. The maximum Gasteiger partial charge on any atom is 1.00 e. The van der Waals surface area contributed by atoms with Crippen molar-refractivity contribution in [2.24, 2.45) is 0 Å². The number of rotatable bonds is 8. The fourth-order valence-corrected chi connectivity index (χ4v) is 4.33. The Morgan fingerprint density at radius 3 is 2.45 bits per heavy atom. The van der Waals surface area contributed by atoms with Crippen LogP contribution in [0.15, 0.2) is 35.5 Å². The molecule has 1 saturated heterocycles. The summed E-state index contributed by atoms with van der Waals surface area (Å²) < 4.78 is 15.3. The second-order valence-electron chi connectivity index (χ2n) is 6.44. The van der Waals surface area contributed by atoms with E-state index in [1.54, 1.807) is 24.3 Å². The topological polar surface area (TPSA) is 134 Å². The average Bonchev–Trinajstić information content (AvgIpc) is 2.73. The van der Waals surface area contributed by atoms with Crippen LogP contribution in [-0.4, -0.2) is 66.1 Å². The molecule has 2 atom stereocenters. The zero-order valence-electron chi connectivity index (χ0n) is 17.2. The summed E-state index contributed by atoms with van der Waals surface area (Å²) in [5, 5.41) is 13.5.